The number of ether oxygens (including phenoxy) is 1. The summed E-state index contributed by atoms with van der Waals surface area (Å²) in [5.74, 6) is 0.704. The van der Waals surface area contributed by atoms with E-state index in [9.17, 15) is 4.79 Å². The lowest BCUT2D eigenvalue weighted by molar-refractivity contribution is -0.118. The Labute approximate surface area is 109 Å². The number of carbonyl (C=O) groups excluding carboxylic acids is 1. The third-order valence-electron chi connectivity index (χ3n) is 2.60. The first-order valence-electron chi connectivity index (χ1n) is 6.34. The standard InChI is InChI=1S/C14H22N2O2/c1-4-8-18-12-7-5-6-11(9-12)16-14(17)13(15)10(2)3/h5-7,9-10,13H,4,8,15H2,1-3H3,(H,16,17)/t13-/m1/s1. The maximum Gasteiger partial charge on any atom is 0.241 e. The van der Waals surface area contributed by atoms with E-state index in [2.05, 4.69) is 5.32 Å². The normalized spacial score (nSPS) is 12.3. The molecule has 0 fully saturated rings. The SMILES string of the molecule is CCCOc1cccc(NC(=O)[C@H](N)C(C)C)c1. The highest BCUT2D eigenvalue weighted by molar-refractivity contribution is 5.94. The van der Waals surface area contributed by atoms with Gasteiger partial charge in [0.1, 0.15) is 5.75 Å². The van der Waals surface area contributed by atoms with Crippen LogP contribution in [0.15, 0.2) is 24.3 Å². The van der Waals surface area contributed by atoms with Gasteiger partial charge in [-0.05, 0) is 24.5 Å². The molecule has 0 unspecified atom stereocenters. The predicted molar refractivity (Wildman–Crippen MR) is 73.7 cm³/mol. The van der Waals surface area contributed by atoms with Crippen LogP contribution >= 0.6 is 0 Å². The smallest absolute Gasteiger partial charge is 0.241 e. The second kappa shape index (κ2) is 7.01. The van der Waals surface area contributed by atoms with E-state index in [-0.39, 0.29) is 11.8 Å². The minimum Gasteiger partial charge on any atom is -0.494 e. The molecule has 100 valence electrons. The fraction of sp³-hybridized carbons (Fsp3) is 0.500. The lowest BCUT2D eigenvalue weighted by atomic mass is 10.0. The lowest BCUT2D eigenvalue weighted by Gasteiger charge is -2.15. The van der Waals surface area contributed by atoms with Crippen molar-refractivity contribution in [2.24, 2.45) is 11.7 Å². The molecule has 3 N–H and O–H groups in total. The molecule has 1 amide bonds. The summed E-state index contributed by atoms with van der Waals surface area (Å²) in [6.07, 6.45) is 0.953. The Bertz CT molecular complexity index is 391. The molecule has 0 aliphatic carbocycles. The van der Waals surface area contributed by atoms with Crippen LogP contribution in [0, 0.1) is 5.92 Å². The van der Waals surface area contributed by atoms with Gasteiger partial charge < -0.3 is 15.8 Å². The largest absolute Gasteiger partial charge is 0.494 e. The number of anilines is 1. The molecule has 4 nitrogen and oxygen atoms in total. The molecule has 1 aromatic rings. The van der Waals surface area contributed by atoms with E-state index in [4.69, 9.17) is 10.5 Å². The molecule has 1 atom stereocenters. The third kappa shape index (κ3) is 4.37. The molecule has 0 spiro atoms. The van der Waals surface area contributed by atoms with Crippen molar-refractivity contribution in [2.75, 3.05) is 11.9 Å². The molecular formula is C14H22N2O2. The quantitative estimate of drug-likeness (QED) is 0.814. The van der Waals surface area contributed by atoms with E-state index in [1.807, 2.05) is 39.0 Å². The first-order chi connectivity index (χ1) is 8.54. The Morgan fingerprint density at radius 1 is 1.44 bits per heavy atom. The van der Waals surface area contributed by atoms with Gasteiger partial charge in [0.2, 0.25) is 5.91 Å². The molecule has 1 rings (SSSR count). The number of hydrogen-bond donors (Lipinski definition) is 2. The van der Waals surface area contributed by atoms with E-state index in [1.54, 1.807) is 6.07 Å². The average molecular weight is 250 g/mol. The predicted octanol–water partition coefficient (Wildman–Crippen LogP) is 2.40. The molecule has 18 heavy (non-hydrogen) atoms. The maximum atomic E-state index is 11.8. The molecular weight excluding hydrogens is 228 g/mol. The molecule has 1 aromatic carbocycles. The second-order valence-corrected chi connectivity index (χ2v) is 4.64. The van der Waals surface area contributed by atoms with E-state index in [0.29, 0.717) is 12.3 Å². The van der Waals surface area contributed by atoms with Gasteiger partial charge in [-0.15, -0.1) is 0 Å². The van der Waals surface area contributed by atoms with Gasteiger partial charge in [-0.2, -0.15) is 0 Å². The van der Waals surface area contributed by atoms with Gasteiger partial charge in [0, 0.05) is 11.8 Å². The number of carbonyl (C=O) groups is 1. The molecule has 0 aliphatic rings. The van der Waals surface area contributed by atoms with Crippen LogP contribution in [0.25, 0.3) is 0 Å². The van der Waals surface area contributed by atoms with Gasteiger partial charge in [-0.1, -0.05) is 26.8 Å². The molecule has 0 aromatic heterocycles. The minimum absolute atomic E-state index is 0.115. The first kappa shape index (κ1) is 14.5. The summed E-state index contributed by atoms with van der Waals surface area (Å²) < 4.78 is 5.50. The molecule has 0 bridgehead atoms. The molecule has 4 heteroatoms. The summed E-state index contributed by atoms with van der Waals surface area (Å²) >= 11 is 0. The minimum atomic E-state index is -0.495. The van der Waals surface area contributed by atoms with Gasteiger partial charge in [0.05, 0.1) is 12.6 Å². The zero-order valence-corrected chi connectivity index (χ0v) is 11.3. The highest BCUT2D eigenvalue weighted by atomic mass is 16.5. The number of nitrogens with two attached hydrogens (primary N) is 1. The zero-order valence-electron chi connectivity index (χ0n) is 11.3. The van der Waals surface area contributed by atoms with Crippen molar-refractivity contribution in [1.82, 2.24) is 0 Å². The Morgan fingerprint density at radius 3 is 2.78 bits per heavy atom. The number of rotatable bonds is 6. The topological polar surface area (TPSA) is 64.3 Å². The molecule has 0 saturated carbocycles. The lowest BCUT2D eigenvalue weighted by Crippen LogP contribution is -2.39. The Kier molecular flexibility index (Phi) is 5.65. The highest BCUT2D eigenvalue weighted by Gasteiger charge is 2.17. The van der Waals surface area contributed by atoms with Crippen molar-refractivity contribution in [2.45, 2.75) is 33.2 Å². The van der Waals surface area contributed by atoms with Crippen LogP contribution < -0.4 is 15.8 Å². The summed E-state index contributed by atoms with van der Waals surface area (Å²) in [6, 6.07) is 6.85. The van der Waals surface area contributed by atoms with Crippen LogP contribution in [0.4, 0.5) is 5.69 Å². The van der Waals surface area contributed by atoms with Crippen LogP contribution in [-0.2, 0) is 4.79 Å². The summed E-state index contributed by atoms with van der Waals surface area (Å²) in [5.41, 5.74) is 6.50. The van der Waals surface area contributed by atoms with Crippen molar-refractivity contribution in [3.63, 3.8) is 0 Å². The third-order valence-corrected chi connectivity index (χ3v) is 2.60. The van der Waals surface area contributed by atoms with Crippen LogP contribution in [0.5, 0.6) is 5.75 Å². The van der Waals surface area contributed by atoms with Crippen LogP contribution in [-0.4, -0.2) is 18.6 Å². The van der Waals surface area contributed by atoms with Crippen LogP contribution in [0.2, 0.25) is 0 Å². The van der Waals surface area contributed by atoms with E-state index in [1.165, 1.54) is 0 Å². The van der Waals surface area contributed by atoms with Gasteiger partial charge in [-0.3, -0.25) is 4.79 Å². The van der Waals surface area contributed by atoms with Crippen LogP contribution in [0.1, 0.15) is 27.2 Å². The average Bonchev–Trinajstić information content (AvgIpc) is 2.35. The Balaban J connectivity index is 2.64. The fourth-order valence-electron chi connectivity index (χ4n) is 1.41. The van der Waals surface area contributed by atoms with E-state index < -0.39 is 6.04 Å². The number of benzene rings is 1. The van der Waals surface area contributed by atoms with Gasteiger partial charge >= 0.3 is 0 Å². The van der Waals surface area contributed by atoms with E-state index in [0.717, 1.165) is 12.2 Å². The summed E-state index contributed by atoms with van der Waals surface area (Å²) in [7, 11) is 0. The van der Waals surface area contributed by atoms with Crippen LogP contribution in [0.3, 0.4) is 0 Å². The van der Waals surface area contributed by atoms with Gasteiger partial charge in [0.15, 0.2) is 0 Å². The van der Waals surface area contributed by atoms with Gasteiger partial charge in [0.25, 0.3) is 0 Å². The summed E-state index contributed by atoms with van der Waals surface area (Å²) in [5, 5.41) is 2.80. The van der Waals surface area contributed by atoms with Crippen molar-refractivity contribution < 1.29 is 9.53 Å². The van der Waals surface area contributed by atoms with Crippen molar-refractivity contribution in [3.8, 4) is 5.75 Å². The molecule has 0 radical (unpaired) electrons. The molecule has 0 aliphatic heterocycles. The first-order valence-corrected chi connectivity index (χ1v) is 6.34. The highest BCUT2D eigenvalue weighted by Crippen LogP contribution is 2.18. The Hall–Kier alpha value is -1.55. The second-order valence-electron chi connectivity index (χ2n) is 4.64. The molecule has 0 heterocycles. The zero-order chi connectivity index (χ0) is 13.5. The fourth-order valence-corrected chi connectivity index (χ4v) is 1.41. The van der Waals surface area contributed by atoms with E-state index >= 15 is 0 Å². The summed E-state index contributed by atoms with van der Waals surface area (Å²) in [6.45, 7) is 6.56. The number of hydrogen-bond acceptors (Lipinski definition) is 3. The monoisotopic (exact) mass is 250 g/mol. The van der Waals surface area contributed by atoms with Crippen molar-refractivity contribution >= 4 is 11.6 Å². The van der Waals surface area contributed by atoms with Crippen molar-refractivity contribution in [1.29, 1.82) is 0 Å². The summed E-state index contributed by atoms with van der Waals surface area (Å²) in [4.78, 5) is 11.8. The number of nitrogens with one attached hydrogen (secondary N) is 1. The molecule has 0 saturated heterocycles. The Morgan fingerprint density at radius 2 is 2.17 bits per heavy atom. The number of amides is 1. The maximum absolute atomic E-state index is 11.8. The van der Waals surface area contributed by atoms with Gasteiger partial charge in [-0.25, -0.2) is 0 Å². The van der Waals surface area contributed by atoms with Crippen molar-refractivity contribution in [3.05, 3.63) is 24.3 Å².